The second-order valence-corrected chi connectivity index (χ2v) is 4.99. The molecule has 1 aromatic carbocycles. The number of amides is 2. The number of benzene rings is 1. The molecule has 0 saturated heterocycles. The molecule has 0 spiro atoms. The zero-order chi connectivity index (χ0) is 16.7. The summed E-state index contributed by atoms with van der Waals surface area (Å²) in [5, 5.41) is 5.50. The molecule has 0 aliphatic heterocycles. The van der Waals surface area contributed by atoms with E-state index in [-0.39, 0.29) is 18.2 Å². The first-order valence-electron chi connectivity index (χ1n) is 7.20. The van der Waals surface area contributed by atoms with Crippen LogP contribution in [0.5, 0.6) is 5.75 Å². The predicted molar refractivity (Wildman–Crippen MR) is 87.0 cm³/mol. The molecule has 2 rings (SSSR count). The number of anilines is 1. The summed E-state index contributed by atoms with van der Waals surface area (Å²) in [5.41, 5.74) is 0.831. The van der Waals surface area contributed by atoms with Crippen LogP contribution in [0.4, 0.5) is 5.82 Å². The minimum Gasteiger partial charge on any atom is -0.497 e. The van der Waals surface area contributed by atoms with Gasteiger partial charge in [0, 0.05) is 13.1 Å². The number of carbonyl (C=O) groups excluding carboxylic acids is 2. The Morgan fingerprint density at radius 2 is 1.91 bits per heavy atom. The van der Waals surface area contributed by atoms with Crippen molar-refractivity contribution < 1.29 is 14.3 Å². The third-order valence-corrected chi connectivity index (χ3v) is 3.22. The van der Waals surface area contributed by atoms with E-state index in [4.69, 9.17) is 4.74 Å². The third-order valence-electron chi connectivity index (χ3n) is 3.22. The van der Waals surface area contributed by atoms with E-state index in [2.05, 4.69) is 15.6 Å². The van der Waals surface area contributed by atoms with Crippen LogP contribution >= 0.6 is 0 Å². The standard InChI is InChI=1S/C17H19N3O3/c1-12(21)19-15(13-6-8-14(23-2)9-7-13)11-17(22)20-16-5-3-4-10-18-16/h3-10,15H,11H2,1-2H3,(H,19,21)(H,18,20,22)/t15-/m0/s1. The molecule has 6 nitrogen and oxygen atoms in total. The maximum Gasteiger partial charge on any atom is 0.227 e. The van der Waals surface area contributed by atoms with E-state index >= 15 is 0 Å². The van der Waals surface area contributed by atoms with Crippen LogP contribution in [0.2, 0.25) is 0 Å². The maximum atomic E-state index is 12.2. The van der Waals surface area contributed by atoms with E-state index in [0.717, 1.165) is 5.56 Å². The normalized spacial score (nSPS) is 11.4. The predicted octanol–water partition coefficient (Wildman–Crippen LogP) is 2.30. The Bertz CT molecular complexity index is 657. The van der Waals surface area contributed by atoms with Gasteiger partial charge in [-0.05, 0) is 29.8 Å². The van der Waals surface area contributed by atoms with Gasteiger partial charge in [-0.2, -0.15) is 0 Å². The van der Waals surface area contributed by atoms with Gasteiger partial charge in [-0.15, -0.1) is 0 Å². The van der Waals surface area contributed by atoms with E-state index < -0.39 is 6.04 Å². The van der Waals surface area contributed by atoms with Crippen LogP contribution in [0.1, 0.15) is 24.9 Å². The fourth-order valence-electron chi connectivity index (χ4n) is 2.15. The van der Waals surface area contributed by atoms with Gasteiger partial charge in [0.1, 0.15) is 11.6 Å². The number of ether oxygens (including phenoxy) is 1. The lowest BCUT2D eigenvalue weighted by Gasteiger charge is -2.18. The molecule has 23 heavy (non-hydrogen) atoms. The number of carbonyl (C=O) groups is 2. The lowest BCUT2D eigenvalue weighted by Crippen LogP contribution is -2.29. The molecule has 0 bridgehead atoms. The van der Waals surface area contributed by atoms with Gasteiger partial charge in [0.05, 0.1) is 19.6 Å². The monoisotopic (exact) mass is 313 g/mol. The molecular weight excluding hydrogens is 294 g/mol. The van der Waals surface area contributed by atoms with Crippen LogP contribution < -0.4 is 15.4 Å². The molecule has 0 saturated carbocycles. The smallest absolute Gasteiger partial charge is 0.227 e. The Morgan fingerprint density at radius 3 is 2.48 bits per heavy atom. The van der Waals surface area contributed by atoms with Crippen LogP contribution in [-0.4, -0.2) is 23.9 Å². The number of hydrogen-bond donors (Lipinski definition) is 2. The van der Waals surface area contributed by atoms with Crippen molar-refractivity contribution in [3.05, 3.63) is 54.2 Å². The highest BCUT2D eigenvalue weighted by Gasteiger charge is 2.17. The number of hydrogen-bond acceptors (Lipinski definition) is 4. The van der Waals surface area contributed by atoms with E-state index in [1.807, 2.05) is 12.1 Å². The van der Waals surface area contributed by atoms with Gasteiger partial charge in [0.25, 0.3) is 0 Å². The number of methoxy groups -OCH3 is 1. The van der Waals surface area contributed by atoms with Crippen molar-refractivity contribution in [3.8, 4) is 5.75 Å². The summed E-state index contributed by atoms with van der Waals surface area (Å²) in [6, 6.07) is 12.1. The molecule has 0 aliphatic carbocycles. The minimum atomic E-state index is -0.415. The van der Waals surface area contributed by atoms with E-state index in [1.165, 1.54) is 6.92 Å². The Labute approximate surface area is 134 Å². The second kappa shape index (κ2) is 7.93. The lowest BCUT2D eigenvalue weighted by atomic mass is 10.0. The molecule has 2 N–H and O–H groups in total. The third kappa shape index (κ3) is 5.10. The quantitative estimate of drug-likeness (QED) is 0.857. The summed E-state index contributed by atoms with van der Waals surface area (Å²) < 4.78 is 5.12. The Balaban J connectivity index is 2.08. The highest BCUT2D eigenvalue weighted by Crippen LogP contribution is 2.21. The highest BCUT2D eigenvalue weighted by atomic mass is 16.5. The lowest BCUT2D eigenvalue weighted by molar-refractivity contribution is -0.120. The summed E-state index contributed by atoms with van der Waals surface area (Å²) in [4.78, 5) is 27.6. The van der Waals surface area contributed by atoms with Gasteiger partial charge in [-0.3, -0.25) is 9.59 Å². The first kappa shape index (κ1) is 16.5. The highest BCUT2D eigenvalue weighted by molar-refractivity contribution is 5.90. The van der Waals surface area contributed by atoms with Crippen molar-refractivity contribution in [1.29, 1.82) is 0 Å². The van der Waals surface area contributed by atoms with Crippen molar-refractivity contribution >= 4 is 17.6 Å². The number of nitrogens with one attached hydrogen (secondary N) is 2. The van der Waals surface area contributed by atoms with Gasteiger partial charge >= 0.3 is 0 Å². The summed E-state index contributed by atoms with van der Waals surface area (Å²) >= 11 is 0. The van der Waals surface area contributed by atoms with Crippen LogP contribution in [0.25, 0.3) is 0 Å². The average Bonchev–Trinajstić information content (AvgIpc) is 2.55. The molecule has 0 fully saturated rings. The molecule has 0 aliphatic rings. The van der Waals surface area contributed by atoms with Crippen molar-refractivity contribution in [2.45, 2.75) is 19.4 Å². The molecule has 2 aromatic rings. The Kier molecular flexibility index (Phi) is 5.68. The first-order chi connectivity index (χ1) is 11.1. The van der Waals surface area contributed by atoms with Crippen molar-refractivity contribution in [2.75, 3.05) is 12.4 Å². The molecule has 0 radical (unpaired) electrons. The molecule has 0 unspecified atom stereocenters. The molecule has 6 heteroatoms. The summed E-state index contributed by atoms with van der Waals surface area (Å²) in [7, 11) is 1.58. The Hall–Kier alpha value is -2.89. The first-order valence-corrected chi connectivity index (χ1v) is 7.20. The molecule has 1 atom stereocenters. The number of pyridine rings is 1. The van der Waals surface area contributed by atoms with Crippen LogP contribution in [0, 0.1) is 0 Å². The average molecular weight is 313 g/mol. The van der Waals surface area contributed by atoms with Gasteiger partial charge < -0.3 is 15.4 Å². The van der Waals surface area contributed by atoms with E-state index in [9.17, 15) is 9.59 Å². The van der Waals surface area contributed by atoms with E-state index in [1.54, 1.807) is 43.6 Å². The zero-order valence-electron chi connectivity index (χ0n) is 13.1. The number of nitrogens with zero attached hydrogens (tertiary/aromatic N) is 1. The SMILES string of the molecule is COc1ccc([C@H](CC(=O)Nc2ccccn2)NC(C)=O)cc1. The van der Waals surface area contributed by atoms with Gasteiger partial charge in [-0.1, -0.05) is 18.2 Å². The molecule has 2 amide bonds. The fourth-order valence-corrected chi connectivity index (χ4v) is 2.15. The van der Waals surface area contributed by atoms with E-state index in [0.29, 0.717) is 11.6 Å². The number of aromatic nitrogens is 1. The van der Waals surface area contributed by atoms with Crippen LogP contribution in [-0.2, 0) is 9.59 Å². The van der Waals surface area contributed by atoms with Gasteiger partial charge in [0.15, 0.2) is 0 Å². The van der Waals surface area contributed by atoms with Crippen molar-refractivity contribution in [3.63, 3.8) is 0 Å². The fraction of sp³-hybridized carbons (Fsp3) is 0.235. The molecule has 1 aromatic heterocycles. The summed E-state index contributed by atoms with van der Waals surface area (Å²) in [5.74, 6) is 0.775. The maximum absolute atomic E-state index is 12.2. The molecule has 120 valence electrons. The minimum absolute atomic E-state index is 0.114. The second-order valence-electron chi connectivity index (χ2n) is 4.99. The zero-order valence-corrected chi connectivity index (χ0v) is 13.1. The summed E-state index contributed by atoms with van der Waals surface area (Å²) in [6.07, 6.45) is 1.72. The van der Waals surface area contributed by atoms with Crippen molar-refractivity contribution in [1.82, 2.24) is 10.3 Å². The van der Waals surface area contributed by atoms with Crippen LogP contribution in [0.3, 0.4) is 0 Å². The molecule has 1 heterocycles. The van der Waals surface area contributed by atoms with Crippen LogP contribution in [0.15, 0.2) is 48.7 Å². The Morgan fingerprint density at radius 1 is 1.17 bits per heavy atom. The summed E-state index contributed by atoms with van der Waals surface area (Å²) in [6.45, 7) is 1.42. The number of rotatable bonds is 6. The van der Waals surface area contributed by atoms with Gasteiger partial charge in [-0.25, -0.2) is 4.98 Å². The topological polar surface area (TPSA) is 80.3 Å². The van der Waals surface area contributed by atoms with Gasteiger partial charge in [0.2, 0.25) is 11.8 Å². The van der Waals surface area contributed by atoms with Crippen molar-refractivity contribution in [2.24, 2.45) is 0 Å². The largest absolute Gasteiger partial charge is 0.497 e. The molecular formula is C17H19N3O3.